The maximum Gasteiger partial charge on any atom is 0.279 e. The maximum absolute atomic E-state index is 12.3. The molecule has 144 valence electrons. The van der Waals surface area contributed by atoms with Gasteiger partial charge < -0.3 is 20.4 Å². The molecule has 3 N–H and O–H groups in total. The number of nitrogens with zero attached hydrogens (tertiary/aromatic N) is 1. The topological polar surface area (TPSA) is 83.0 Å². The van der Waals surface area contributed by atoms with E-state index in [0.29, 0.717) is 37.4 Å². The minimum atomic E-state index is -0.158. The van der Waals surface area contributed by atoms with Crippen molar-refractivity contribution in [1.82, 2.24) is 10.2 Å². The van der Waals surface area contributed by atoms with E-state index >= 15 is 0 Å². The second-order valence-electron chi connectivity index (χ2n) is 6.01. The van der Waals surface area contributed by atoms with Crippen molar-refractivity contribution in [2.45, 2.75) is 27.7 Å². The molecule has 1 aromatic rings. The van der Waals surface area contributed by atoms with E-state index in [0.717, 1.165) is 4.90 Å². The second-order valence-corrected chi connectivity index (χ2v) is 6.01. The molecule has 0 aliphatic carbocycles. The predicted molar refractivity (Wildman–Crippen MR) is 102 cm³/mol. The first-order valence-electron chi connectivity index (χ1n) is 9.24. The zero-order valence-electron chi connectivity index (χ0n) is 16.2. The summed E-state index contributed by atoms with van der Waals surface area (Å²) in [7, 11) is 0. The summed E-state index contributed by atoms with van der Waals surface area (Å²) in [5.41, 5.74) is 1.24. The van der Waals surface area contributed by atoms with Gasteiger partial charge in [0.1, 0.15) is 0 Å². The van der Waals surface area contributed by atoms with Crippen LogP contribution in [0.5, 0.6) is 0 Å². The molecule has 0 aliphatic rings. The standard InChI is InChI=1S/C19H30N4O3/c1-5-20-17(24)13-22(6-2)14-18(25)21-16-11-9-15(10-12-16)19(26)23(7-3)8-4/h9-12H,5-8,13-14H2,1-4H3,(H,20,24)(H,21,25)/p+1. The van der Waals surface area contributed by atoms with E-state index in [1.54, 1.807) is 29.2 Å². The zero-order chi connectivity index (χ0) is 19.5. The summed E-state index contributed by atoms with van der Waals surface area (Å²) < 4.78 is 0. The summed E-state index contributed by atoms with van der Waals surface area (Å²) in [6.07, 6.45) is 0. The molecule has 1 unspecified atom stereocenters. The van der Waals surface area contributed by atoms with E-state index in [9.17, 15) is 14.4 Å². The molecule has 0 aromatic heterocycles. The molecule has 0 saturated heterocycles. The van der Waals surface area contributed by atoms with E-state index in [1.807, 2.05) is 27.7 Å². The highest BCUT2D eigenvalue weighted by atomic mass is 16.2. The Bertz CT molecular complexity index is 597. The van der Waals surface area contributed by atoms with Crippen molar-refractivity contribution in [2.75, 3.05) is 44.6 Å². The SMILES string of the molecule is CCNC(=O)C[NH+](CC)CC(=O)Nc1ccc(C(=O)N(CC)CC)cc1. The molecule has 1 atom stereocenters. The fourth-order valence-electron chi connectivity index (χ4n) is 2.62. The van der Waals surface area contributed by atoms with Gasteiger partial charge in [-0.15, -0.1) is 0 Å². The summed E-state index contributed by atoms with van der Waals surface area (Å²) >= 11 is 0. The monoisotopic (exact) mass is 363 g/mol. The van der Waals surface area contributed by atoms with Crippen LogP contribution < -0.4 is 15.5 Å². The van der Waals surface area contributed by atoms with Crippen molar-refractivity contribution in [3.05, 3.63) is 29.8 Å². The van der Waals surface area contributed by atoms with Crippen LogP contribution in [0.4, 0.5) is 5.69 Å². The number of amides is 3. The predicted octanol–water partition coefficient (Wildman–Crippen LogP) is 0.148. The van der Waals surface area contributed by atoms with Gasteiger partial charge in [0, 0.05) is 30.9 Å². The second kappa shape index (κ2) is 11.3. The van der Waals surface area contributed by atoms with Crippen molar-refractivity contribution in [1.29, 1.82) is 0 Å². The first kappa shape index (κ1) is 21.6. The lowest BCUT2D eigenvalue weighted by Crippen LogP contribution is -3.14. The van der Waals surface area contributed by atoms with Crippen molar-refractivity contribution in [2.24, 2.45) is 0 Å². The van der Waals surface area contributed by atoms with Gasteiger partial charge in [-0.1, -0.05) is 0 Å². The molecule has 0 fully saturated rings. The third-order valence-corrected chi connectivity index (χ3v) is 4.16. The van der Waals surface area contributed by atoms with Crippen LogP contribution in [-0.4, -0.2) is 61.9 Å². The van der Waals surface area contributed by atoms with Gasteiger partial charge in [-0.25, -0.2) is 0 Å². The molecule has 7 heteroatoms. The molecule has 1 aromatic carbocycles. The number of hydrogen-bond donors (Lipinski definition) is 3. The number of rotatable bonds is 10. The van der Waals surface area contributed by atoms with Gasteiger partial charge in [0.05, 0.1) is 6.54 Å². The summed E-state index contributed by atoms with van der Waals surface area (Å²) in [6, 6.07) is 6.89. The Morgan fingerprint density at radius 2 is 1.50 bits per heavy atom. The van der Waals surface area contributed by atoms with Crippen LogP contribution in [0, 0.1) is 0 Å². The number of likely N-dealkylation sites (N-methyl/N-ethyl adjacent to an activating group) is 2. The third kappa shape index (κ3) is 6.84. The first-order chi connectivity index (χ1) is 12.4. The van der Waals surface area contributed by atoms with Gasteiger partial charge in [-0.3, -0.25) is 14.4 Å². The quantitative estimate of drug-likeness (QED) is 0.553. The summed E-state index contributed by atoms with van der Waals surface area (Å²) in [5.74, 6) is -0.234. The van der Waals surface area contributed by atoms with Crippen LogP contribution in [0.15, 0.2) is 24.3 Å². The van der Waals surface area contributed by atoms with Crippen molar-refractivity contribution in [3.63, 3.8) is 0 Å². The Morgan fingerprint density at radius 1 is 0.923 bits per heavy atom. The maximum atomic E-state index is 12.3. The normalized spacial score (nSPS) is 11.5. The Hall–Kier alpha value is -2.41. The lowest BCUT2D eigenvalue weighted by molar-refractivity contribution is -0.881. The van der Waals surface area contributed by atoms with Crippen molar-refractivity contribution in [3.8, 4) is 0 Å². The van der Waals surface area contributed by atoms with Gasteiger partial charge in [0.2, 0.25) is 0 Å². The molecule has 0 bridgehead atoms. The average molecular weight is 363 g/mol. The Morgan fingerprint density at radius 3 is 2.00 bits per heavy atom. The first-order valence-corrected chi connectivity index (χ1v) is 9.24. The van der Waals surface area contributed by atoms with Crippen molar-refractivity contribution < 1.29 is 19.3 Å². The van der Waals surface area contributed by atoms with Gasteiger partial charge in [0.15, 0.2) is 13.1 Å². The number of carbonyl (C=O) groups is 3. The van der Waals surface area contributed by atoms with Crippen molar-refractivity contribution >= 4 is 23.4 Å². The fraction of sp³-hybridized carbons (Fsp3) is 0.526. The molecule has 26 heavy (non-hydrogen) atoms. The lowest BCUT2D eigenvalue weighted by atomic mass is 10.1. The number of nitrogens with one attached hydrogen (secondary N) is 3. The molecule has 0 spiro atoms. The number of hydrogen-bond acceptors (Lipinski definition) is 3. The number of quaternary nitrogens is 1. The number of anilines is 1. The Kier molecular flexibility index (Phi) is 9.36. The van der Waals surface area contributed by atoms with E-state index < -0.39 is 0 Å². The molecule has 0 aliphatic heterocycles. The van der Waals surface area contributed by atoms with Crippen LogP contribution in [0.3, 0.4) is 0 Å². The molecule has 3 amide bonds. The minimum absolute atomic E-state index is 0.0172. The van der Waals surface area contributed by atoms with Crippen LogP contribution >= 0.6 is 0 Å². The molecular weight excluding hydrogens is 332 g/mol. The third-order valence-electron chi connectivity index (χ3n) is 4.16. The highest BCUT2D eigenvalue weighted by Gasteiger charge is 2.17. The molecule has 0 saturated carbocycles. The zero-order valence-corrected chi connectivity index (χ0v) is 16.2. The summed E-state index contributed by atoms with van der Waals surface area (Å²) in [5, 5.41) is 5.56. The summed E-state index contributed by atoms with van der Waals surface area (Å²) in [4.78, 5) is 38.8. The Labute approximate surface area is 155 Å². The Balaban J connectivity index is 2.61. The highest BCUT2D eigenvalue weighted by molar-refractivity contribution is 5.96. The van der Waals surface area contributed by atoms with E-state index in [1.165, 1.54) is 0 Å². The molecule has 0 heterocycles. The van der Waals surface area contributed by atoms with Gasteiger partial charge in [-0.2, -0.15) is 0 Å². The number of carbonyl (C=O) groups excluding carboxylic acids is 3. The molecule has 7 nitrogen and oxygen atoms in total. The molecule has 1 rings (SSSR count). The smallest absolute Gasteiger partial charge is 0.279 e. The minimum Gasteiger partial charge on any atom is -0.351 e. The van der Waals surface area contributed by atoms with Gasteiger partial charge >= 0.3 is 0 Å². The van der Waals surface area contributed by atoms with Gasteiger partial charge in [-0.05, 0) is 52.0 Å². The highest BCUT2D eigenvalue weighted by Crippen LogP contribution is 2.11. The van der Waals surface area contributed by atoms with Crippen LogP contribution in [0.25, 0.3) is 0 Å². The molecule has 0 radical (unpaired) electrons. The number of benzene rings is 1. The van der Waals surface area contributed by atoms with Crippen LogP contribution in [-0.2, 0) is 9.59 Å². The average Bonchev–Trinajstić information content (AvgIpc) is 2.62. The lowest BCUT2D eigenvalue weighted by Gasteiger charge is -2.19. The summed E-state index contributed by atoms with van der Waals surface area (Å²) in [6.45, 7) is 10.8. The van der Waals surface area contributed by atoms with E-state index in [-0.39, 0.29) is 30.8 Å². The largest absolute Gasteiger partial charge is 0.351 e. The fourth-order valence-corrected chi connectivity index (χ4v) is 2.62. The molecular formula is C19H31N4O3+. The van der Waals surface area contributed by atoms with Crippen LogP contribution in [0.1, 0.15) is 38.1 Å². The van der Waals surface area contributed by atoms with E-state index in [4.69, 9.17) is 0 Å². The van der Waals surface area contributed by atoms with E-state index in [2.05, 4.69) is 10.6 Å². The van der Waals surface area contributed by atoms with Gasteiger partial charge in [0.25, 0.3) is 17.7 Å². The van der Waals surface area contributed by atoms with Crippen LogP contribution in [0.2, 0.25) is 0 Å².